The lowest BCUT2D eigenvalue weighted by molar-refractivity contribution is -0.0121. The molecule has 2 aliphatic heterocycles. The van der Waals surface area contributed by atoms with Crippen molar-refractivity contribution in [2.24, 2.45) is 5.41 Å². The van der Waals surface area contributed by atoms with Crippen LogP contribution < -0.4 is 15.1 Å². The molecule has 29 heavy (non-hydrogen) atoms. The van der Waals surface area contributed by atoms with Crippen molar-refractivity contribution in [3.05, 3.63) is 38.2 Å². The third-order valence-electron chi connectivity index (χ3n) is 7.16. The van der Waals surface area contributed by atoms with Crippen molar-refractivity contribution in [2.45, 2.75) is 73.5 Å². The topological polar surface area (TPSA) is 65.7 Å². The molecule has 1 aromatic carbocycles. The molecule has 0 saturated carbocycles. The first kappa shape index (κ1) is 19.7. The van der Waals surface area contributed by atoms with Crippen LogP contribution in [0, 0.1) is 19.3 Å². The number of rotatable bonds is 0. The van der Waals surface area contributed by atoms with Crippen molar-refractivity contribution >= 4 is 22.8 Å². The fourth-order valence-corrected chi connectivity index (χ4v) is 3.90. The van der Waals surface area contributed by atoms with Gasteiger partial charge in [0.25, 0.3) is 0 Å². The molecule has 0 fully saturated rings. The average molecular weight is 396 g/mol. The van der Waals surface area contributed by atoms with Crippen LogP contribution in [0.5, 0.6) is 11.5 Å². The minimum Gasteiger partial charge on any atom is -0.485 e. The summed E-state index contributed by atoms with van der Waals surface area (Å²) in [6.07, 6.45) is 2.03. The highest BCUT2D eigenvalue weighted by Crippen LogP contribution is 2.54. The van der Waals surface area contributed by atoms with E-state index in [1.165, 1.54) is 0 Å². The number of ketones is 1. The molecule has 0 saturated heterocycles. The fraction of sp³-hybridized carbons (Fsp3) is 0.500. The highest BCUT2D eigenvalue weighted by Gasteiger charge is 2.52. The minimum absolute atomic E-state index is 0.0983. The van der Waals surface area contributed by atoms with Gasteiger partial charge in [-0.1, -0.05) is 0 Å². The standard InChI is InChI=1S/C24H28O5/c1-11-10-14-17(28-23(11,6)7)15-12(2)13(3)21(26)27-19(15)16-18(14)29-24(8,9)22(4,5)20(16)25/h10H,1-9H3. The predicted molar refractivity (Wildman–Crippen MR) is 113 cm³/mol. The Morgan fingerprint density at radius 1 is 0.828 bits per heavy atom. The van der Waals surface area contributed by atoms with Crippen molar-refractivity contribution in [1.29, 1.82) is 0 Å². The van der Waals surface area contributed by atoms with Crippen molar-refractivity contribution in [1.82, 2.24) is 0 Å². The molecule has 5 nitrogen and oxygen atoms in total. The first-order valence-electron chi connectivity index (χ1n) is 9.96. The molecule has 3 heterocycles. The molecule has 2 aromatic rings. The molecule has 0 N–H and O–H groups in total. The zero-order chi connectivity index (χ0) is 21.7. The van der Waals surface area contributed by atoms with E-state index in [0.29, 0.717) is 28.0 Å². The molecular formula is C24H28O5. The number of Topliss-reactive ketones (excluding diaryl/α,β-unsaturated/α-hetero) is 1. The van der Waals surface area contributed by atoms with Gasteiger partial charge in [-0.15, -0.1) is 0 Å². The third kappa shape index (κ3) is 2.39. The molecule has 0 spiro atoms. The Balaban J connectivity index is 2.27. The van der Waals surface area contributed by atoms with E-state index in [1.54, 1.807) is 6.92 Å². The fourth-order valence-electron chi connectivity index (χ4n) is 3.90. The van der Waals surface area contributed by atoms with Crippen LogP contribution in [0.4, 0.5) is 0 Å². The summed E-state index contributed by atoms with van der Waals surface area (Å²) < 4.78 is 18.6. The molecule has 4 rings (SSSR count). The van der Waals surface area contributed by atoms with Crippen LogP contribution in [0.25, 0.3) is 17.0 Å². The molecule has 0 atom stereocenters. The summed E-state index contributed by atoms with van der Waals surface area (Å²) in [6, 6.07) is 0. The maximum atomic E-state index is 13.7. The van der Waals surface area contributed by atoms with Gasteiger partial charge in [0.05, 0.1) is 16.4 Å². The van der Waals surface area contributed by atoms with Crippen molar-refractivity contribution in [3.63, 3.8) is 0 Å². The van der Waals surface area contributed by atoms with Gasteiger partial charge >= 0.3 is 5.63 Å². The van der Waals surface area contributed by atoms with Crippen LogP contribution in [-0.2, 0) is 0 Å². The van der Waals surface area contributed by atoms with Crippen molar-refractivity contribution in [2.75, 3.05) is 0 Å². The SMILES string of the molecule is CC1=Cc2c3c(c4oc(=O)c(C)c(C)c4c2OC1(C)C)C(=O)C(C)(C)C(C)(C)O3. The molecule has 5 heteroatoms. The molecular weight excluding hydrogens is 368 g/mol. The van der Waals surface area contributed by atoms with E-state index in [9.17, 15) is 9.59 Å². The Bertz CT molecular complexity index is 1190. The molecule has 0 amide bonds. The smallest absolute Gasteiger partial charge is 0.339 e. The van der Waals surface area contributed by atoms with E-state index in [-0.39, 0.29) is 11.4 Å². The first-order chi connectivity index (χ1) is 13.2. The second kappa shape index (κ2) is 5.53. The summed E-state index contributed by atoms with van der Waals surface area (Å²) in [5, 5.41) is 0.667. The highest BCUT2D eigenvalue weighted by atomic mass is 16.5. The molecule has 0 radical (unpaired) electrons. The van der Waals surface area contributed by atoms with Gasteiger partial charge in [0.1, 0.15) is 28.3 Å². The molecule has 1 aromatic heterocycles. The lowest BCUT2D eigenvalue weighted by Crippen LogP contribution is -2.53. The van der Waals surface area contributed by atoms with Gasteiger partial charge in [0.2, 0.25) is 0 Å². The Kier molecular flexibility index (Phi) is 3.76. The number of hydrogen-bond donors (Lipinski definition) is 0. The summed E-state index contributed by atoms with van der Waals surface area (Å²) in [5.41, 5.74) is 1.09. The maximum absolute atomic E-state index is 13.7. The van der Waals surface area contributed by atoms with Crippen LogP contribution in [0.2, 0.25) is 0 Å². The zero-order valence-electron chi connectivity index (χ0n) is 18.6. The van der Waals surface area contributed by atoms with Gasteiger partial charge in [-0.05, 0) is 79.5 Å². The largest absolute Gasteiger partial charge is 0.485 e. The maximum Gasteiger partial charge on any atom is 0.339 e. The van der Waals surface area contributed by atoms with E-state index >= 15 is 0 Å². The number of aryl methyl sites for hydroxylation is 1. The van der Waals surface area contributed by atoms with Crippen LogP contribution in [0.1, 0.15) is 75.5 Å². The summed E-state index contributed by atoms with van der Waals surface area (Å²) >= 11 is 0. The molecule has 0 bridgehead atoms. The molecule has 0 aliphatic carbocycles. The Morgan fingerprint density at radius 2 is 1.45 bits per heavy atom. The van der Waals surface area contributed by atoms with E-state index in [2.05, 4.69) is 0 Å². The van der Waals surface area contributed by atoms with Gasteiger partial charge in [-0.25, -0.2) is 4.79 Å². The molecule has 2 aliphatic rings. The van der Waals surface area contributed by atoms with Gasteiger partial charge < -0.3 is 13.9 Å². The van der Waals surface area contributed by atoms with Gasteiger partial charge in [0.15, 0.2) is 11.4 Å². The number of carbonyl (C=O) groups is 1. The van der Waals surface area contributed by atoms with E-state index < -0.39 is 22.2 Å². The Labute approximate surface area is 170 Å². The van der Waals surface area contributed by atoms with Crippen LogP contribution in [-0.4, -0.2) is 17.0 Å². The summed E-state index contributed by atoms with van der Waals surface area (Å²) in [5.74, 6) is 0.934. The van der Waals surface area contributed by atoms with E-state index in [0.717, 1.165) is 16.7 Å². The van der Waals surface area contributed by atoms with Crippen molar-refractivity contribution in [3.8, 4) is 11.5 Å². The quantitative estimate of drug-likeness (QED) is 0.561. The summed E-state index contributed by atoms with van der Waals surface area (Å²) in [7, 11) is 0. The minimum atomic E-state index is -0.800. The summed E-state index contributed by atoms with van der Waals surface area (Å²) in [6.45, 7) is 17.1. The molecule has 154 valence electrons. The lowest BCUT2D eigenvalue weighted by Gasteiger charge is -2.46. The van der Waals surface area contributed by atoms with Crippen LogP contribution >= 0.6 is 0 Å². The van der Waals surface area contributed by atoms with Crippen LogP contribution in [0.15, 0.2) is 14.8 Å². The second-order valence-electron chi connectivity index (χ2n) is 9.80. The van der Waals surface area contributed by atoms with Gasteiger partial charge in [-0.2, -0.15) is 0 Å². The van der Waals surface area contributed by atoms with Crippen molar-refractivity contribution < 1.29 is 18.7 Å². The number of fused-ring (bicyclic) bond motifs is 6. The number of carbonyl (C=O) groups excluding carboxylic acids is 1. The first-order valence-corrected chi connectivity index (χ1v) is 9.96. The van der Waals surface area contributed by atoms with Crippen LogP contribution in [0.3, 0.4) is 0 Å². The van der Waals surface area contributed by atoms with Gasteiger partial charge in [0, 0.05) is 5.56 Å². The average Bonchev–Trinajstić information content (AvgIpc) is 2.59. The van der Waals surface area contributed by atoms with Gasteiger partial charge in [-0.3, -0.25) is 4.79 Å². The lowest BCUT2D eigenvalue weighted by atomic mass is 9.69. The predicted octanol–water partition coefficient (Wildman–Crippen LogP) is 5.36. The van der Waals surface area contributed by atoms with E-state index in [1.807, 2.05) is 61.5 Å². The Hall–Kier alpha value is -2.56. The number of benzene rings is 1. The second-order valence-corrected chi connectivity index (χ2v) is 9.80. The summed E-state index contributed by atoms with van der Waals surface area (Å²) in [4.78, 5) is 26.2. The number of ether oxygens (including phenoxy) is 2. The third-order valence-corrected chi connectivity index (χ3v) is 7.16. The molecule has 0 unspecified atom stereocenters. The Morgan fingerprint density at radius 3 is 2.07 bits per heavy atom. The highest BCUT2D eigenvalue weighted by molar-refractivity contribution is 6.15. The normalized spacial score (nSPS) is 21.0. The zero-order valence-corrected chi connectivity index (χ0v) is 18.6. The number of hydrogen-bond acceptors (Lipinski definition) is 5. The monoisotopic (exact) mass is 396 g/mol. The van der Waals surface area contributed by atoms with E-state index in [4.69, 9.17) is 13.9 Å².